The normalized spacial score (nSPS) is 11.1. The van der Waals surface area contributed by atoms with E-state index in [9.17, 15) is 0 Å². The fourth-order valence-electron chi connectivity index (χ4n) is 6.87. The monoisotopic (exact) mass is 768 g/mol. The molecule has 10 heteroatoms. The summed E-state index contributed by atoms with van der Waals surface area (Å²) >= 11 is 0. The molecular formula is C49H32N6O4. The molecule has 10 aromatic rings. The third-order valence-electron chi connectivity index (χ3n) is 9.60. The summed E-state index contributed by atoms with van der Waals surface area (Å²) in [7, 11) is 0. The molecule has 0 radical (unpaired) electrons. The van der Waals surface area contributed by atoms with E-state index in [0.29, 0.717) is 52.2 Å². The Morgan fingerprint density at radius 3 is 1.22 bits per heavy atom. The first-order chi connectivity index (χ1) is 29.2. The lowest BCUT2D eigenvalue weighted by Gasteiger charge is -2.11. The van der Waals surface area contributed by atoms with Gasteiger partial charge in [0.15, 0.2) is 0 Å². The summed E-state index contributed by atoms with van der Waals surface area (Å²) in [5, 5.41) is 1.98. The molecule has 10 rings (SSSR count). The van der Waals surface area contributed by atoms with Crippen molar-refractivity contribution < 1.29 is 18.9 Å². The summed E-state index contributed by atoms with van der Waals surface area (Å²) in [6, 6.07) is 54.7. The van der Waals surface area contributed by atoms with E-state index >= 15 is 0 Å². The van der Waals surface area contributed by atoms with Gasteiger partial charge in [0.25, 0.3) is 0 Å². The van der Waals surface area contributed by atoms with Crippen LogP contribution in [0, 0.1) is 0 Å². The van der Waals surface area contributed by atoms with Gasteiger partial charge >= 0.3 is 0 Å². The van der Waals surface area contributed by atoms with E-state index in [2.05, 4.69) is 49.2 Å². The molecule has 4 heterocycles. The van der Waals surface area contributed by atoms with E-state index in [4.69, 9.17) is 18.9 Å². The van der Waals surface area contributed by atoms with Crippen LogP contribution in [0.3, 0.4) is 0 Å². The lowest BCUT2D eigenvalue weighted by atomic mass is 10.1. The molecule has 0 fully saturated rings. The molecule has 0 saturated heterocycles. The molecule has 0 aliphatic rings. The lowest BCUT2D eigenvalue weighted by Crippen LogP contribution is -2.01. The first-order valence-corrected chi connectivity index (χ1v) is 18.8. The molecule has 0 amide bonds. The van der Waals surface area contributed by atoms with Crippen LogP contribution >= 0.6 is 0 Å². The predicted molar refractivity (Wildman–Crippen MR) is 227 cm³/mol. The maximum absolute atomic E-state index is 6.40. The maximum Gasteiger partial charge on any atom is 0.237 e. The molecule has 0 saturated carbocycles. The second-order valence-electron chi connectivity index (χ2n) is 13.5. The second-order valence-corrected chi connectivity index (χ2v) is 13.5. The van der Waals surface area contributed by atoms with Crippen LogP contribution in [0.2, 0.25) is 0 Å². The molecule has 0 aliphatic carbocycles. The number of hydrogen-bond donors (Lipinski definition) is 0. The molecule has 4 aromatic heterocycles. The van der Waals surface area contributed by atoms with Crippen molar-refractivity contribution >= 4 is 21.8 Å². The number of ether oxygens (including phenoxy) is 4. The van der Waals surface area contributed by atoms with Gasteiger partial charge in [0.05, 0.1) is 11.0 Å². The van der Waals surface area contributed by atoms with Gasteiger partial charge in [-0.1, -0.05) is 72.8 Å². The zero-order chi connectivity index (χ0) is 39.4. The number of fused-ring (bicyclic) bond motifs is 3. The van der Waals surface area contributed by atoms with Gasteiger partial charge < -0.3 is 18.9 Å². The minimum Gasteiger partial charge on any atom is -0.457 e. The third-order valence-corrected chi connectivity index (χ3v) is 9.60. The van der Waals surface area contributed by atoms with Crippen LogP contribution in [-0.4, -0.2) is 29.5 Å². The van der Waals surface area contributed by atoms with Crippen molar-refractivity contribution in [2.75, 3.05) is 0 Å². The van der Waals surface area contributed by atoms with Gasteiger partial charge in [-0.2, -0.15) is 0 Å². The second kappa shape index (κ2) is 15.6. The minimum atomic E-state index is 0.455. The summed E-state index contributed by atoms with van der Waals surface area (Å²) in [5.74, 6) is 5.07. The highest BCUT2D eigenvalue weighted by atomic mass is 16.5. The van der Waals surface area contributed by atoms with Gasteiger partial charge in [0.1, 0.15) is 47.2 Å². The molecule has 0 N–H and O–H groups in total. The Morgan fingerprint density at radius 2 is 0.780 bits per heavy atom. The van der Waals surface area contributed by atoms with Crippen LogP contribution in [0.4, 0.5) is 0 Å². The van der Waals surface area contributed by atoms with Gasteiger partial charge in [0.2, 0.25) is 17.7 Å². The molecular weight excluding hydrogens is 737 g/mol. The first-order valence-electron chi connectivity index (χ1n) is 18.8. The molecule has 10 nitrogen and oxygen atoms in total. The Bertz CT molecular complexity index is 2850. The fraction of sp³-hybridized carbons (Fsp3) is 0. The summed E-state index contributed by atoms with van der Waals surface area (Å²) in [6.07, 6.45) is 6.57. The van der Waals surface area contributed by atoms with Crippen molar-refractivity contribution in [1.29, 1.82) is 0 Å². The highest BCUT2D eigenvalue weighted by molar-refractivity contribution is 6.09. The van der Waals surface area contributed by atoms with E-state index in [-0.39, 0.29) is 0 Å². The van der Waals surface area contributed by atoms with Gasteiger partial charge in [-0.25, -0.2) is 24.9 Å². The number of hydrogen-bond acceptors (Lipinski definition) is 9. The standard InChI is InChI=1S/C49H32N6O4/c1-3-9-33(10-4-1)35-17-23-47(51-29-35)58-39-15-7-13-37(25-39)56-41-19-21-43-44-22-20-42(28-46(44)55(45(43)27-41)49-53-31-50-32-54-49)57-38-14-8-16-40(26-38)59-48-24-18-36(30-52-48)34-11-5-2-6-12-34/h1-32H. The van der Waals surface area contributed by atoms with Crippen molar-refractivity contribution in [2.45, 2.75) is 0 Å². The molecule has 0 unspecified atom stereocenters. The Morgan fingerprint density at radius 1 is 0.339 bits per heavy atom. The van der Waals surface area contributed by atoms with E-state index < -0.39 is 0 Å². The van der Waals surface area contributed by atoms with Crippen molar-refractivity contribution in [2.24, 2.45) is 0 Å². The molecule has 59 heavy (non-hydrogen) atoms. The Labute approximate surface area is 338 Å². The Hall–Kier alpha value is -8.37. The lowest BCUT2D eigenvalue weighted by molar-refractivity contribution is 0.449. The molecule has 0 aliphatic heterocycles. The SMILES string of the molecule is c1ccc(-c2ccc(Oc3cccc(Oc4ccc5c6ccc(Oc7cccc(Oc8ccc(-c9ccccc9)cn8)c7)cc6n(-c6ncncn6)c5c4)c3)nc2)cc1. The van der Waals surface area contributed by atoms with Crippen LogP contribution in [0.5, 0.6) is 46.3 Å². The smallest absolute Gasteiger partial charge is 0.237 e. The topological polar surface area (TPSA) is 106 Å². The summed E-state index contributed by atoms with van der Waals surface area (Å²) in [6.45, 7) is 0. The zero-order valence-electron chi connectivity index (χ0n) is 31.3. The Balaban J connectivity index is 0.902. The van der Waals surface area contributed by atoms with E-state index in [0.717, 1.165) is 44.1 Å². The fourth-order valence-corrected chi connectivity index (χ4v) is 6.87. The van der Waals surface area contributed by atoms with Gasteiger partial charge in [-0.3, -0.25) is 4.57 Å². The minimum absolute atomic E-state index is 0.455. The number of nitrogens with zero attached hydrogens (tertiary/aromatic N) is 6. The van der Waals surface area contributed by atoms with Crippen LogP contribution in [0.1, 0.15) is 0 Å². The van der Waals surface area contributed by atoms with Gasteiger partial charge in [-0.05, 0) is 71.8 Å². The summed E-state index contributed by atoms with van der Waals surface area (Å²) in [4.78, 5) is 22.1. The van der Waals surface area contributed by atoms with Crippen molar-refractivity contribution in [3.8, 4) is 74.5 Å². The van der Waals surface area contributed by atoms with Crippen molar-refractivity contribution in [3.05, 3.63) is 195 Å². The van der Waals surface area contributed by atoms with Gasteiger partial charge in [-0.15, -0.1) is 0 Å². The molecule has 0 bridgehead atoms. The molecule has 6 aromatic carbocycles. The quantitative estimate of drug-likeness (QED) is 0.127. The average Bonchev–Trinajstić information content (AvgIpc) is 3.61. The van der Waals surface area contributed by atoms with E-state index in [1.807, 2.05) is 150 Å². The van der Waals surface area contributed by atoms with E-state index in [1.165, 1.54) is 12.7 Å². The number of pyridine rings is 2. The predicted octanol–water partition coefficient (Wildman–Crippen LogP) is 12.3. The first kappa shape index (κ1) is 35.1. The summed E-state index contributed by atoms with van der Waals surface area (Å²) in [5.41, 5.74) is 5.90. The summed E-state index contributed by atoms with van der Waals surface area (Å²) < 4.78 is 27.0. The van der Waals surface area contributed by atoms with Crippen LogP contribution < -0.4 is 18.9 Å². The van der Waals surface area contributed by atoms with Crippen LogP contribution in [-0.2, 0) is 0 Å². The van der Waals surface area contributed by atoms with Gasteiger partial charge in [0, 0.05) is 70.7 Å². The molecule has 0 atom stereocenters. The van der Waals surface area contributed by atoms with Crippen molar-refractivity contribution in [1.82, 2.24) is 29.5 Å². The van der Waals surface area contributed by atoms with Crippen molar-refractivity contribution in [3.63, 3.8) is 0 Å². The highest BCUT2D eigenvalue weighted by Gasteiger charge is 2.17. The number of aromatic nitrogens is 6. The Kier molecular flexibility index (Phi) is 9.30. The number of rotatable bonds is 11. The van der Waals surface area contributed by atoms with Crippen LogP contribution in [0.25, 0.3) is 50.0 Å². The maximum atomic E-state index is 6.40. The highest BCUT2D eigenvalue weighted by Crippen LogP contribution is 2.38. The third kappa shape index (κ3) is 7.61. The molecule has 0 spiro atoms. The largest absolute Gasteiger partial charge is 0.457 e. The zero-order valence-corrected chi connectivity index (χ0v) is 31.3. The van der Waals surface area contributed by atoms with Crippen LogP contribution in [0.15, 0.2) is 195 Å². The van der Waals surface area contributed by atoms with E-state index in [1.54, 1.807) is 12.4 Å². The average molecular weight is 769 g/mol. The number of benzene rings is 6. The molecule has 282 valence electrons.